The summed E-state index contributed by atoms with van der Waals surface area (Å²) in [5.41, 5.74) is 0.0774. The third-order valence-electron chi connectivity index (χ3n) is 3.93. The van der Waals surface area contributed by atoms with Crippen molar-refractivity contribution in [3.63, 3.8) is 0 Å². The van der Waals surface area contributed by atoms with E-state index in [1.54, 1.807) is 6.07 Å². The van der Waals surface area contributed by atoms with E-state index in [1.807, 2.05) is 0 Å². The summed E-state index contributed by atoms with van der Waals surface area (Å²) < 4.78 is 43.5. The number of ether oxygens (including phenoxy) is 1. The molecule has 0 radical (unpaired) electrons. The molecule has 2 heterocycles. The number of fused-ring (bicyclic) bond motifs is 2. The van der Waals surface area contributed by atoms with Crippen molar-refractivity contribution < 1.29 is 17.9 Å². The number of benzene rings is 1. The molecule has 2 bridgehead atoms. The van der Waals surface area contributed by atoms with Gasteiger partial charge in [-0.05, 0) is 30.9 Å². The largest absolute Gasteiger partial charge is 0.416 e. The van der Waals surface area contributed by atoms with Crippen molar-refractivity contribution in [2.45, 2.75) is 50.2 Å². The molecule has 0 aromatic heterocycles. The zero-order valence-electron chi connectivity index (χ0n) is 10.4. The highest BCUT2D eigenvalue weighted by molar-refractivity contribution is 5.25. The van der Waals surface area contributed by atoms with Crippen molar-refractivity contribution in [1.29, 1.82) is 0 Å². The van der Waals surface area contributed by atoms with Gasteiger partial charge in [0.25, 0.3) is 0 Å². The van der Waals surface area contributed by atoms with Crippen LogP contribution in [0.3, 0.4) is 0 Å². The highest BCUT2D eigenvalue weighted by atomic mass is 19.4. The maximum absolute atomic E-state index is 12.6. The summed E-state index contributed by atoms with van der Waals surface area (Å²) >= 11 is 0. The van der Waals surface area contributed by atoms with Gasteiger partial charge >= 0.3 is 6.18 Å². The molecular formula is C14H16F3NO. The number of hydrogen-bond donors (Lipinski definition) is 1. The fourth-order valence-electron chi connectivity index (χ4n) is 2.96. The Morgan fingerprint density at radius 3 is 2.74 bits per heavy atom. The topological polar surface area (TPSA) is 21.3 Å². The standard InChI is InChI=1S/C14H16F3NO/c15-14(16,17)10-3-1-2-9(6-10)8-18-12-7-11-4-5-13(12)19-11/h1-3,6,11-13,18H,4-5,7-8H2. The Hall–Kier alpha value is -1.07. The van der Waals surface area contributed by atoms with Gasteiger partial charge in [0.05, 0.1) is 17.8 Å². The first-order valence-corrected chi connectivity index (χ1v) is 6.57. The lowest BCUT2D eigenvalue weighted by atomic mass is 9.95. The second-order valence-electron chi connectivity index (χ2n) is 5.30. The molecule has 3 unspecified atom stereocenters. The first kappa shape index (κ1) is 12.9. The molecule has 1 aromatic rings. The van der Waals surface area contributed by atoms with Crippen LogP contribution in [0.15, 0.2) is 24.3 Å². The summed E-state index contributed by atoms with van der Waals surface area (Å²) in [5.74, 6) is 0. The van der Waals surface area contributed by atoms with Crippen LogP contribution in [0.2, 0.25) is 0 Å². The molecule has 0 spiro atoms. The summed E-state index contributed by atoms with van der Waals surface area (Å²) in [4.78, 5) is 0. The summed E-state index contributed by atoms with van der Waals surface area (Å²) in [7, 11) is 0. The van der Waals surface area contributed by atoms with Gasteiger partial charge in [0, 0.05) is 12.6 Å². The number of alkyl halides is 3. The molecule has 1 aromatic carbocycles. The molecule has 5 heteroatoms. The van der Waals surface area contributed by atoms with Crippen LogP contribution in [0.1, 0.15) is 30.4 Å². The number of hydrogen-bond acceptors (Lipinski definition) is 2. The number of halogens is 3. The van der Waals surface area contributed by atoms with Crippen molar-refractivity contribution in [2.75, 3.05) is 0 Å². The Morgan fingerprint density at radius 1 is 1.26 bits per heavy atom. The van der Waals surface area contributed by atoms with Gasteiger partial charge < -0.3 is 10.1 Å². The first-order valence-electron chi connectivity index (χ1n) is 6.57. The fourth-order valence-corrected chi connectivity index (χ4v) is 2.96. The quantitative estimate of drug-likeness (QED) is 0.912. The van der Waals surface area contributed by atoms with E-state index in [9.17, 15) is 13.2 Å². The molecule has 0 amide bonds. The predicted octanol–water partition coefficient (Wildman–Crippen LogP) is 3.11. The van der Waals surface area contributed by atoms with E-state index in [1.165, 1.54) is 12.1 Å². The summed E-state index contributed by atoms with van der Waals surface area (Å²) in [6, 6.07) is 5.77. The summed E-state index contributed by atoms with van der Waals surface area (Å²) in [6.45, 7) is 0.459. The smallest absolute Gasteiger partial charge is 0.373 e. The molecule has 19 heavy (non-hydrogen) atoms. The maximum atomic E-state index is 12.6. The SMILES string of the molecule is FC(F)(F)c1cccc(CNC2CC3CCC2O3)c1. The Balaban J connectivity index is 1.61. The molecule has 0 aliphatic carbocycles. The third kappa shape index (κ3) is 2.77. The van der Waals surface area contributed by atoms with Gasteiger partial charge in [-0.25, -0.2) is 0 Å². The minimum atomic E-state index is -4.27. The van der Waals surface area contributed by atoms with Crippen molar-refractivity contribution in [2.24, 2.45) is 0 Å². The second-order valence-corrected chi connectivity index (χ2v) is 5.30. The zero-order chi connectivity index (χ0) is 13.5. The zero-order valence-corrected chi connectivity index (χ0v) is 10.4. The average Bonchev–Trinajstić information content (AvgIpc) is 2.98. The van der Waals surface area contributed by atoms with Crippen LogP contribution in [0.5, 0.6) is 0 Å². The molecule has 104 valence electrons. The van der Waals surface area contributed by atoms with E-state index < -0.39 is 11.7 Å². The minimum Gasteiger partial charge on any atom is -0.373 e. The maximum Gasteiger partial charge on any atom is 0.416 e. The first-order chi connectivity index (χ1) is 9.02. The van der Waals surface area contributed by atoms with E-state index in [-0.39, 0.29) is 12.1 Å². The van der Waals surface area contributed by atoms with Gasteiger partial charge in [0.2, 0.25) is 0 Å². The van der Waals surface area contributed by atoms with Crippen LogP contribution in [0, 0.1) is 0 Å². The molecular weight excluding hydrogens is 255 g/mol. The van der Waals surface area contributed by atoms with Crippen LogP contribution < -0.4 is 5.32 Å². The minimum absolute atomic E-state index is 0.246. The number of rotatable bonds is 3. The van der Waals surface area contributed by atoms with E-state index in [0.717, 1.165) is 25.3 Å². The molecule has 2 nitrogen and oxygen atoms in total. The highest BCUT2D eigenvalue weighted by Crippen LogP contribution is 2.34. The number of nitrogens with one attached hydrogen (secondary N) is 1. The summed E-state index contributed by atoms with van der Waals surface area (Å²) in [6.07, 6.45) is -0.522. The third-order valence-corrected chi connectivity index (χ3v) is 3.93. The second kappa shape index (κ2) is 4.80. The normalized spacial score (nSPS) is 29.9. The van der Waals surface area contributed by atoms with Gasteiger partial charge in [-0.3, -0.25) is 0 Å². The van der Waals surface area contributed by atoms with Crippen LogP contribution in [-0.4, -0.2) is 18.2 Å². The molecule has 3 rings (SSSR count). The van der Waals surface area contributed by atoms with Gasteiger partial charge in [-0.1, -0.05) is 18.2 Å². The predicted molar refractivity (Wildman–Crippen MR) is 64.6 cm³/mol. The van der Waals surface area contributed by atoms with E-state index in [0.29, 0.717) is 18.2 Å². The van der Waals surface area contributed by atoms with Crippen molar-refractivity contribution >= 4 is 0 Å². The Kier molecular flexibility index (Phi) is 3.27. The van der Waals surface area contributed by atoms with Crippen LogP contribution in [-0.2, 0) is 17.5 Å². The van der Waals surface area contributed by atoms with Gasteiger partial charge in [0.1, 0.15) is 0 Å². The van der Waals surface area contributed by atoms with Crippen molar-refractivity contribution in [3.8, 4) is 0 Å². The van der Waals surface area contributed by atoms with E-state index in [4.69, 9.17) is 4.74 Å². The molecule has 0 saturated carbocycles. The Labute approximate surface area is 109 Å². The highest BCUT2D eigenvalue weighted by Gasteiger charge is 2.40. The van der Waals surface area contributed by atoms with Gasteiger partial charge in [-0.2, -0.15) is 13.2 Å². The monoisotopic (exact) mass is 271 g/mol. The molecule has 2 saturated heterocycles. The molecule has 2 aliphatic heterocycles. The van der Waals surface area contributed by atoms with Crippen molar-refractivity contribution in [1.82, 2.24) is 5.32 Å². The lowest BCUT2D eigenvalue weighted by molar-refractivity contribution is -0.137. The molecule has 2 aliphatic rings. The lowest BCUT2D eigenvalue weighted by Gasteiger charge is -2.20. The van der Waals surface area contributed by atoms with Gasteiger partial charge in [0.15, 0.2) is 0 Å². The lowest BCUT2D eigenvalue weighted by Crippen LogP contribution is -2.37. The molecule has 1 N–H and O–H groups in total. The summed E-state index contributed by atoms with van der Waals surface area (Å²) in [5, 5.41) is 3.32. The van der Waals surface area contributed by atoms with Crippen LogP contribution in [0.4, 0.5) is 13.2 Å². The Morgan fingerprint density at radius 2 is 2.11 bits per heavy atom. The average molecular weight is 271 g/mol. The molecule has 2 fully saturated rings. The van der Waals surface area contributed by atoms with Gasteiger partial charge in [-0.15, -0.1) is 0 Å². The molecule has 3 atom stereocenters. The van der Waals surface area contributed by atoms with Crippen molar-refractivity contribution in [3.05, 3.63) is 35.4 Å². The van der Waals surface area contributed by atoms with E-state index in [2.05, 4.69) is 5.32 Å². The van der Waals surface area contributed by atoms with Crippen LogP contribution >= 0.6 is 0 Å². The Bertz CT molecular complexity index is 460. The fraction of sp³-hybridized carbons (Fsp3) is 0.571. The van der Waals surface area contributed by atoms with E-state index >= 15 is 0 Å². The van der Waals surface area contributed by atoms with Crippen LogP contribution in [0.25, 0.3) is 0 Å².